The highest BCUT2D eigenvalue weighted by molar-refractivity contribution is 5.79. The number of benzene rings is 1. The highest BCUT2D eigenvalue weighted by Crippen LogP contribution is 2.44. The van der Waals surface area contributed by atoms with Gasteiger partial charge in [0.2, 0.25) is 0 Å². The van der Waals surface area contributed by atoms with E-state index in [0.29, 0.717) is 12.0 Å². The van der Waals surface area contributed by atoms with E-state index in [4.69, 9.17) is 0 Å². The molecule has 0 bridgehead atoms. The number of carbonyl (C=O) groups is 1. The monoisotopic (exact) mass is 417 g/mol. The molecule has 0 N–H and O–H groups in total. The van der Waals surface area contributed by atoms with Crippen LogP contribution >= 0.6 is 0 Å². The normalized spacial score (nSPS) is 17.6. The van der Waals surface area contributed by atoms with Crippen LogP contribution in [0.2, 0.25) is 0 Å². The van der Waals surface area contributed by atoms with Gasteiger partial charge in [0.15, 0.2) is 0 Å². The Hall–Kier alpha value is -3.14. The molecule has 0 amide bonds. The van der Waals surface area contributed by atoms with E-state index in [1.54, 1.807) is 6.21 Å². The van der Waals surface area contributed by atoms with Crippen LogP contribution in [-0.4, -0.2) is 37.5 Å². The third-order valence-corrected chi connectivity index (χ3v) is 5.69. The predicted octanol–water partition coefficient (Wildman–Crippen LogP) is 6.11. The number of nitrogens with zero attached hydrogens (tertiary/aromatic N) is 3. The molecule has 0 radical (unpaired) electrons. The molecule has 1 aliphatic rings. The highest BCUT2D eigenvalue weighted by atomic mass is 16.1. The second kappa shape index (κ2) is 11.3. The van der Waals surface area contributed by atoms with Gasteiger partial charge in [-0.1, -0.05) is 37.8 Å². The number of rotatable bonds is 9. The minimum Gasteiger partial charge on any atom is -0.378 e. The van der Waals surface area contributed by atoms with Gasteiger partial charge in [0, 0.05) is 56.1 Å². The summed E-state index contributed by atoms with van der Waals surface area (Å²) in [4.78, 5) is 19.5. The van der Waals surface area contributed by atoms with Crippen LogP contribution in [0.15, 0.2) is 77.7 Å². The van der Waals surface area contributed by atoms with Crippen molar-refractivity contribution >= 4 is 23.8 Å². The van der Waals surface area contributed by atoms with Gasteiger partial charge in [0.25, 0.3) is 0 Å². The van der Waals surface area contributed by atoms with E-state index >= 15 is 0 Å². The summed E-state index contributed by atoms with van der Waals surface area (Å²) in [6.45, 7) is 12.6. The van der Waals surface area contributed by atoms with E-state index < -0.39 is 0 Å². The third kappa shape index (κ3) is 5.94. The number of anilines is 1. The maximum absolute atomic E-state index is 10.9. The minimum atomic E-state index is 0.338. The standard InChI is InChI=1S/C27H35N3O/c1-8-25-21(5)30(7)27-15-14-23(17-26(25)27)24(18-28-9-2)13-12-22(11-10-16-31)19-29(6)20(3)4/h9-20,25H,5,8H2,1-4,6-7H3/b11-10-,13-12+,22-19+,24-18+,28-9-. The van der Waals surface area contributed by atoms with Gasteiger partial charge in [-0.3, -0.25) is 9.79 Å². The molecule has 1 aromatic rings. The SMILES string of the molecule is C=C1C(CC)c2cc(C(/C=C/C(/C=C\C=O)=C/N(C)C(C)C)=C/N=C\C)ccc2N1C. The lowest BCUT2D eigenvalue weighted by Gasteiger charge is -2.19. The zero-order valence-electron chi connectivity index (χ0n) is 19.7. The van der Waals surface area contributed by atoms with E-state index in [2.05, 4.69) is 73.5 Å². The molecular formula is C27H35N3O. The topological polar surface area (TPSA) is 35.9 Å². The van der Waals surface area contributed by atoms with E-state index in [0.717, 1.165) is 35.1 Å². The van der Waals surface area contributed by atoms with Crippen molar-refractivity contribution in [1.82, 2.24) is 4.90 Å². The highest BCUT2D eigenvalue weighted by Gasteiger charge is 2.29. The fourth-order valence-corrected chi connectivity index (χ4v) is 3.57. The van der Waals surface area contributed by atoms with E-state index in [1.807, 2.05) is 38.5 Å². The lowest BCUT2D eigenvalue weighted by molar-refractivity contribution is -0.104. The summed E-state index contributed by atoms with van der Waals surface area (Å²) in [5.74, 6) is 0.338. The summed E-state index contributed by atoms with van der Waals surface area (Å²) >= 11 is 0. The molecule has 0 spiro atoms. The molecule has 1 aliphatic heterocycles. The van der Waals surface area contributed by atoms with Crippen LogP contribution in [0.4, 0.5) is 5.69 Å². The fraction of sp³-hybridized carbons (Fsp3) is 0.333. The van der Waals surface area contributed by atoms with Crippen LogP contribution in [-0.2, 0) is 4.79 Å². The third-order valence-electron chi connectivity index (χ3n) is 5.69. The zero-order chi connectivity index (χ0) is 23.0. The average Bonchev–Trinajstić information content (AvgIpc) is 3.00. The average molecular weight is 418 g/mol. The van der Waals surface area contributed by atoms with Gasteiger partial charge in [-0.15, -0.1) is 0 Å². The van der Waals surface area contributed by atoms with Gasteiger partial charge < -0.3 is 9.80 Å². The van der Waals surface area contributed by atoms with E-state index in [1.165, 1.54) is 17.3 Å². The van der Waals surface area contributed by atoms with Crippen LogP contribution in [0, 0.1) is 0 Å². The van der Waals surface area contributed by atoms with Crippen molar-refractivity contribution in [3.8, 4) is 0 Å². The van der Waals surface area contributed by atoms with Crippen molar-refractivity contribution in [3.63, 3.8) is 0 Å². The first-order valence-corrected chi connectivity index (χ1v) is 10.8. The summed E-state index contributed by atoms with van der Waals surface area (Å²) in [6, 6.07) is 6.91. The summed E-state index contributed by atoms with van der Waals surface area (Å²) in [5, 5.41) is 0. The Morgan fingerprint density at radius 1 is 1.29 bits per heavy atom. The minimum absolute atomic E-state index is 0.338. The number of aliphatic imine (C=N–C) groups is 1. The molecule has 4 heteroatoms. The summed E-state index contributed by atoms with van der Waals surface area (Å²) < 4.78 is 0. The molecule has 0 saturated carbocycles. The molecule has 1 heterocycles. The van der Waals surface area contributed by atoms with E-state index in [-0.39, 0.29) is 0 Å². The van der Waals surface area contributed by atoms with Gasteiger partial charge >= 0.3 is 0 Å². The predicted molar refractivity (Wildman–Crippen MR) is 134 cm³/mol. The number of hydrogen-bond donors (Lipinski definition) is 0. The van der Waals surface area contributed by atoms with Gasteiger partial charge in [0.1, 0.15) is 6.29 Å². The maximum Gasteiger partial charge on any atom is 0.142 e. The summed E-state index contributed by atoms with van der Waals surface area (Å²) in [6.07, 6.45) is 14.9. The fourth-order valence-electron chi connectivity index (χ4n) is 3.57. The maximum atomic E-state index is 10.9. The largest absolute Gasteiger partial charge is 0.378 e. The van der Waals surface area contributed by atoms with Crippen molar-refractivity contribution in [1.29, 1.82) is 0 Å². The van der Waals surface area contributed by atoms with Crippen LogP contribution in [0.5, 0.6) is 0 Å². The van der Waals surface area contributed by atoms with Crippen molar-refractivity contribution in [2.24, 2.45) is 4.99 Å². The van der Waals surface area contributed by atoms with Crippen LogP contribution in [0.1, 0.15) is 51.2 Å². The molecule has 0 aromatic heterocycles. The molecule has 0 saturated heterocycles. The second-order valence-corrected chi connectivity index (χ2v) is 7.99. The Bertz CT molecular complexity index is 947. The number of likely N-dealkylation sites (N-methyl/N-ethyl adjacent to an activating group) is 1. The quantitative estimate of drug-likeness (QED) is 0.210. The van der Waals surface area contributed by atoms with Crippen molar-refractivity contribution < 1.29 is 4.79 Å². The van der Waals surface area contributed by atoms with Crippen molar-refractivity contribution in [2.45, 2.75) is 46.1 Å². The first-order chi connectivity index (χ1) is 14.8. The molecule has 0 fully saturated rings. The van der Waals surface area contributed by atoms with Crippen LogP contribution in [0.25, 0.3) is 5.57 Å². The van der Waals surface area contributed by atoms with Crippen LogP contribution < -0.4 is 4.90 Å². The molecule has 1 aromatic carbocycles. The number of fused-ring (bicyclic) bond motifs is 1. The second-order valence-electron chi connectivity index (χ2n) is 7.99. The van der Waals surface area contributed by atoms with Gasteiger partial charge in [-0.2, -0.15) is 0 Å². The first-order valence-electron chi connectivity index (χ1n) is 10.8. The molecule has 1 atom stereocenters. The van der Waals surface area contributed by atoms with E-state index in [9.17, 15) is 4.79 Å². The zero-order valence-corrected chi connectivity index (χ0v) is 19.7. The van der Waals surface area contributed by atoms with Gasteiger partial charge in [-0.25, -0.2) is 0 Å². The van der Waals surface area contributed by atoms with Gasteiger partial charge in [-0.05, 0) is 67.7 Å². The smallest absolute Gasteiger partial charge is 0.142 e. The Kier molecular flexibility index (Phi) is 8.80. The number of carbonyl (C=O) groups excluding carboxylic acids is 1. The molecular weight excluding hydrogens is 382 g/mol. The Labute approximate surface area is 187 Å². The number of allylic oxidation sites excluding steroid dienone is 7. The number of hydrogen-bond acceptors (Lipinski definition) is 4. The summed E-state index contributed by atoms with van der Waals surface area (Å²) in [7, 11) is 4.11. The van der Waals surface area contributed by atoms with Crippen molar-refractivity contribution in [3.05, 3.63) is 83.9 Å². The summed E-state index contributed by atoms with van der Waals surface area (Å²) in [5.41, 5.74) is 6.73. The Morgan fingerprint density at radius 3 is 2.65 bits per heavy atom. The molecule has 0 aliphatic carbocycles. The Morgan fingerprint density at radius 2 is 2.03 bits per heavy atom. The first kappa shape index (κ1) is 24.1. The lowest BCUT2D eigenvalue weighted by Crippen LogP contribution is -2.20. The lowest BCUT2D eigenvalue weighted by atomic mass is 9.93. The van der Waals surface area contributed by atoms with Crippen LogP contribution in [0.3, 0.4) is 0 Å². The molecule has 4 nitrogen and oxygen atoms in total. The van der Waals surface area contributed by atoms with Gasteiger partial charge in [0.05, 0.1) is 0 Å². The Balaban J connectivity index is 2.47. The molecule has 164 valence electrons. The number of aldehydes is 1. The molecule has 1 unspecified atom stereocenters. The molecule has 31 heavy (non-hydrogen) atoms. The van der Waals surface area contributed by atoms with Crippen molar-refractivity contribution in [2.75, 3.05) is 19.0 Å². The molecule has 2 rings (SSSR count).